The summed E-state index contributed by atoms with van der Waals surface area (Å²) < 4.78 is 34.3. The zero-order valence-electron chi connectivity index (χ0n) is 57.1. The Balaban J connectivity index is 1.30. The molecule has 0 spiro atoms. The third kappa shape index (κ3) is 36.1. The molecule has 0 aliphatic carbocycles. The van der Waals surface area contributed by atoms with E-state index in [9.17, 15) is 61.0 Å². The van der Waals surface area contributed by atoms with Crippen LogP contribution in [0.5, 0.6) is 0 Å². The molecule has 19 nitrogen and oxygen atoms in total. The van der Waals surface area contributed by atoms with Gasteiger partial charge >= 0.3 is 0 Å². The Bertz CT molecular complexity index is 1700. The van der Waals surface area contributed by atoms with Crippen LogP contribution in [0.1, 0.15) is 309 Å². The fourth-order valence-electron chi connectivity index (χ4n) is 13.0. The molecule has 19 heteroatoms. The average Bonchev–Trinajstić information content (AvgIpc) is 0.850. The normalized spacial score (nSPS) is 27.9. The van der Waals surface area contributed by atoms with Crippen LogP contribution in [0, 0.1) is 0 Å². The molecule has 0 aromatic rings. The maximum atomic E-state index is 13.4. The molecule has 17 atom stereocenters. The summed E-state index contributed by atoms with van der Waals surface area (Å²) in [5.74, 6) is -0.270. The van der Waals surface area contributed by atoms with Crippen LogP contribution in [-0.4, -0.2) is 193 Å². The highest BCUT2D eigenvalue weighted by Gasteiger charge is 2.53. The van der Waals surface area contributed by atoms with Crippen molar-refractivity contribution in [2.24, 2.45) is 0 Å². The van der Waals surface area contributed by atoms with Gasteiger partial charge in [-0.1, -0.05) is 296 Å². The van der Waals surface area contributed by atoms with Gasteiger partial charge in [-0.3, -0.25) is 4.79 Å². The van der Waals surface area contributed by atoms with E-state index in [1.807, 2.05) is 6.08 Å². The zero-order valence-corrected chi connectivity index (χ0v) is 57.1. The van der Waals surface area contributed by atoms with E-state index in [0.29, 0.717) is 6.42 Å². The highest BCUT2D eigenvalue weighted by Crippen LogP contribution is 2.33. The molecule has 3 aliphatic heterocycles. The van der Waals surface area contributed by atoms with Gasteiger partial charge in [0.25, 0.3) is 0 Å². The van der Waals surface area contributed by atoms with Crippen LogP contribution in [0.4, 0.5) is 0 Å². The lowest BCUT2D eigenvalue weighted by Crippen LogP contribution is -2.66. The van der Waals surface area contributed by atoms with Crippen LogP contribution in [0.15, 0.2) is 12.2 Å². The van der Waals surface area contributed by atoms with Crippen molar-refractivity contribution in [3.63, 3.8) is 0 Å². The van der Waals surface area contributed by atoms with Gasteiger partial charge in [0.1, 0.15) is 73.2 Å². The van der Waals surface area contributed by atoms with Crippen molar-refractivity contribution in [1.29, 1.82) is 0 Å². The summed E-state index contributed by atoms with van der Waals surface area (Å²) in [5, 5.41) is 120. The molecule has 0 bridgehead atoms. The van der Waals surface area contributed by atoms with Crippen LogP contribution < -0.4 is 5.32 Å². The summed E-state index contributed by atoms with van der Waals surface area (Å²) in [6.07, 6.45) is 35.3. The Morgan fingerprint density at radius 3 is 1.03 bits per heavy atom. The number of nitrogens with one attached hydrogen (secondary N) is 1. The van der Waals surface area contributed by atoms with Crippen LogP contribution in [0.25, 0.3) is 0 Å². The molecule has 0 aromatic carbocycles. The minimum Gasteiger partial charge on any atom is -0.394 e. The van der Waals surface area contributed by atoms with E-state index in [-0.39, 0.29) is 18.9 Å². The van der Waals surface area contributed by atoms with E-state index in [1.54, 1.807) is 6.08 Å². The number of unbranched alkanes of at least 4 members (excludes halogenated alkanes) is 43. The molecule has 17 unspecified atom stereocenters. The van der Waals surface area contributed by atoms with Crippen LogP contribution in [-0.2, 0) is 33.2 Å². The lowest BCUT2D eigenvalue weighted by Gasteiger charge is -2.48. The monoisotopic (exact) mass is 1300 g/mol. The third-order valence-corrected chi connectivity index (χ3v) is 19.1. The molecule has 91 heavy (non-hydrogen) atoms. The van der Waals surface area contributed by atoms with Gasteiger partial charge in [-0.05, 0) is 19.3 Å². The van der Waals surface area contributed by atoms with Crippen LogP contribution in [0.3, 0.4) is 0 Å². The van der Waals surface area contributed by atoms with Crippen LogP contribution in [0.2, 0.25) is 0 Å². The standard InChI is InChI=1S/C72H137NO18/c1-3-5-7-9-11-13-15-16-17-18-19-20-21-22-23-24-25-26-27-28-29-30-31-32-33-34-35-36-37-38-40-42-44-46-48-50-60(78)73-55(56(77)49-47-45-43-41-39-14-12-10-8-6-4-2)54-86-70-66(84)63(81)68(58(52-75)88-70)91-72-67(85)64(82)69(59(53-76)89-72)90-71-65(83)62(80)61(79)57(51-74)87-71/h47,49,55-59,61-72,74-77,79-85H,3-46,48,50-54H2,1-2H3,(H,73,78)/b49-47+. The van der Waals surface area contributed by atoms with E-state index < -0.39 is 124 Å². The summed E-state index contributed by atoms with van der Waals surface area (Å²) >= 11 is 0. The molecule has 12 N–H and O–H groups in total. The molecular formula is C72H137NO18. The summed E-state index contributed by atoms with van der Waals surface area (Å²) in [7, 11) is 0. The Kier molecular flexibility index (Phi) is 50.2. The number of aliphatic hydroxyl groups is 11. The number of allylic oxidation sites excluding steroid dienone is 1. The van der Waals surface area contributed by atoms with Crippen molar-refractivity contribution < 1.29 is 89.4 Å². The van der Waals surface area contributed by atoms with Gasteiger partial charge in [-0.15, -0.1) is 0 Å². The zero-order chi connectivity index (χ0) is 66.1. The van der Waals surface area contributed by atoms with Crippen molar-refractivity contribution in [3.8, 4) is 0 Å². The van der Waals surface area contributed by atoms with Gasteiger partial charge in [0, 0.05) is 6.42 Å². The predicted octanol–water partition coefficient (Wildman–Crippen LogP) is 10.8. The highest BCUT2D eigenvalue weighted by atomic mass is 16.8. The van der Waals surface area contributed by atoms with Gasteiger partial charge < -0.3 is 89.9 Å². The van der Waals surface area contributed by atoms with Crippen molar-refractivity contribution in [1.82, 2.24) is 5.32 Å². The Labute approximate surface area is 550 Å². The molecular weight excluding hydrogens is 1170 g/mol. The number of amides is 1. The van der Waals surface area contributed by atoms with Gasteiger partial charge in [0.2, 0.25) is 5.91 Å². The second-order valence-electron chi connectivity index (χ2n) is 27.1. The fraction of sp³-hybridized carbons (Fsp3) is 0.958. The third-order valence-electron chi connectivity index (χ3n) is 19.1. The molecule has 0 aromatic heterocycles. The van der Waals surface area contributed by atoms with Gasteiger partial charge in [-0.25, -0.2) is 0 Å². The van der Waals surface area contributed by atoms with E-state index in [0.717, 1.165) is 44.9 Å². The van der Waals surface area contributed by atoms with Gasteiger partial charge in [0.15, 0.2) is 18.9 Å². The van der Waals surface area contributed by atoms with E-state index >= 15 is 0 Å². The SMILES string of the molecule is CCCCCCCCCCC/C=C/C(O)C(COC1OC(CO)C(OC2OC(CO)C(OC3OC(CO)C(O)C(O)C3O)C(O)C2O)C(O)C1O)NC(=O)CCCCCCCCCCCCCCCCCCCCCCCCCCCCCCCCCCCCC. The average molecular weight is 1300 g/mol. The Morgan fingerprint density at radius 2 is 0.681 bits per heavy atom. The number of ether oxygens (including phenoxy) is 6. The summed E-state index contributed by atoms with van der Waals surface area (Å²) in [5.41, 5.74) is 0. The largest absolute Gasteiger partial charge is 0.394 e. The predicted molar refractivity (Wildman–Crippen MR) is 356 cm³/mol. The minimum atomic E-state index is -1.98. The number of hydrogen-bond acceptors (Lipinski definition) is 18. The summed E-state index contributed by atoms with van der Waals surface area (Å²) in [4.78, 5) is 13.4. The number of hydrogen-bond donors (Lipinski definition) is 12. The number of carbonyl (C=O) groups is 1. The number of aliphatic hydroxyl groups excluding tert-OH is 11. The highest BCUT2D eigenvalue weighted by molar-refractivity contribution is 5.76. The van der Waals surface area contributed by atoms with Gasteiger partial charge in [-0.2, -0.15) is 0 Å². The molecule has 0 radical (unpaired) electrons. The first-order valence-electron chi connectivity index (χ1n) is 37.4. The first-order chi connectivity index (χ1) is 44.3. The van der Waals surface area contributed by atoms with Crippen molar-refractivity contribution in [2.75, 3.05) is 26.4 Å². The molecule has 3 fully saturated rings. The van der Waals surface area contributed by atoms with Crippen molar-refractivity contribution in [2.45, 2.75) is 413 Å². The Hall–Kier alpha value is -1.47. The second kappa shape index (κ2) is 54.5. The van der Waals surface area contributed by atoms with Crippen molar-refractivity contribution in [3.05, 3.63) is 12.2 Å². The quantitative estimate of drug-likeness (QED) is 0.0199. The molecule has 1 amide bonds. The molecule has 0 saturated carbocycles. The maximum absolute atomic E-state index is 13.4. The van der Waals surface area contributed by atoms with E-state index in [4.69, 9.17) is 28.4 Å². The molecule has 538 valence electrons. The molecule has 3 heterocycles. The molecule has 3 rings (SSSR count). The fourth-order valence-corrected chi connectivity index (χ4v) is 13.0. The first-order valence-corrected chi connectivity index (χ1v) is 37.4. The topological polar surface area (TPSA) is 307 Å². The Morgan fingerprint density at radius 1 is 0.385 bits per heavy atom. The summed E-state index contributed by atoms with van der Waals surface area (Å²) in [6, 6.07) is -0.967. The van der Waals surface area contributed by atoms with Crippen LogP contribution >= 0.6 is 0 Å². The first kappa shape index (κ1) is 83.8. The molecule has 3 aliphatic rings. The summed E-state index contributed by atoms with van der Waals surface area (Å²) in [6.45, 7) is 1.75. The van der Waals surface area contributed by atoms with E-state index in [1.165, 1.54) is 238 Å². The smallest absolute Gasteiger partial charge is 0.220 e. The van der Waals surface area contributed by atoms with Gasteiger partial charge in [0.05, 0.1) is 38.6 Å². The lowest BCUT2D eigenvalue weighted by molar-refractivity contribution is -0.379. The maximum Gasteiger partial charge on any atom is 0.220 e. The number of rotatable bonds is 59. The minimum absolute atomic E-state index is 0.249. The van der Waals surface area contributed by atoms with Crippen molar-refractivity contribution >= 4 is 5.91 Å². The lowest BCUT2D eigenvalue weighted by atomic mass is 9.96. The second-order valence-corrected chi connectivity index (χ2v) is 27.1. The molecule has 3 saturated heterocycles. The van der Waals surface area contributed by atoms with E-state index in [2.05, 4.69) is 19.2 Å². The number of carbonyl (C=O) groups excluding carboxylic acids is 1.